The second-order valence-corrected chi connectivity index (χ2v) is 8.74. The van der Waals surface area contributed by atoms with Gasteiger partial charge >= 0.3 is 0 Å². The molecule has 1 aromatic carbocycles. The molecule has 0 atom stereocenters. The number of benzene rings is 1. The molecule has 1 N–H and O–H groups in total. The minimum absolute atomic E-state index is 0.306. The van der Waals surface area contributed by atoms with E-state index in [9.17, 15) is 8.42 Å². The highest BCUT2D eigenvalue weighted by Gasteiger charge is 2.14. The molecule has 0 fully saturated rings. The average molecular weight is 414 g/mol. The lowest BCUT2D eigenvalue weighted by Crippen LogP contribution is -2.25. The van der Waals surface area contributed by atoms with E-state index in [-0.39, 0.29) is 0 Å². The summed E-state index contributed by atoms with van der Waals surface area (Å²) in [5.74, 6) is 0.384. The van der Waals surface area contributed by atoms with Crippen molar-refractivity contribution in [2.75, 3.05) is 6.54 Å². The van der Waals surface area contributed by atoms with Crippen molar-refractivity contribution < 1.29 is 8.42 Å². The lowest BCUT2D eigenvalue weighted by Gasteiger charge is -2.09. The van der Waals surface area contributed by atoms with Crippen molar-refractivity contribution in [1.29, 1.82) is 0 Å². The molecule has 7 heteroatoms. The number of aryl methyl sites for hydroxylation is 2. The minimum atomic E-state index is -3.46. The van der Waals surface area contributed by atoms with Gasteiger partial charge in [0.15, 0.2) is 0 Å². The van der Waals surface area contributed by atoms with Crippen LogP contribution in [0.2, 0.25) is 0 Å². The number of hydrogen-bond donors (Lipinski definition) is 1. The van der Waals surface area contributed by atoms with Gasteiger partial charge in [-0.05, 0) is 59.8 Å². The van der Waals surface area contributed by atoms with Crippen LogP contribution < -0.4 is 4.72 Å². The maximum atomic E-state index is 12.3. The average Bonchev–Trinajstić information content (AvgIpc) is 2.79. The van der Waals surface area contributed by atoms with Crippen LogP contribution in [-0.2, 0) is 16.6 Å². The molecule has 0 bridgehead atoms. The van der Waals surface area contributed by atoms with Gasteiger partial charge < -0.3 is 0 Å². The summed E-state index contributed by atoms with van der Waals surface area (Å²) in [4.78, 5) is 0.306. The van der Waals surface area contributed by atoms with Gasteiger partial charge in [-0.25, -0.2) is 13.1 Å². The van der Waals surface area contributed by atoms with E-state index in [1.807, 2.05) is 30.7 Å². The molecule has 0 saturated heterocycles. The molecular formula is C17H24BrN3O2S. The van der Waals surface area contributed by atoms with Gasteiger partial charge in [0.05, 0.1) is 15.1 Å². The molecule has 0 spiro atoms. The largest absolute Gasteiger partial charge is 0.268 e. The molecule has 0 aliphatic rings. The van der Waals surface area contributed by atoms with Gasteiger partial charge in [-0.15, -0.1) is 0 Å². The molecule has 0 amide bonds. The molecule has 0 unspecified atom stereocenters. The van der Waals surface area contributed by atoms with E-state index in [1.54, 1.807) is 12.1 Å². The van der Waals surface area contributed by atoms with Crippen molar-refractivity contribution in [3.63, 3.8) is 0 Å². The van der Waals surface area contributed by atoms with Gasteiger partial charge in [0, 0.05) is 18.8 Å². The monoisotopic (exact) mass is 413 g/mol. The van der Waals surface area contributed by atoms with Gasteiger partial charge in [-0.1, -0.05) is 26.0 Å². The first kappa shape index (κ1) is 19.1. The molecule has 132 valence electrons. The molecule has 24 heavy (non-hydrogen) atoms. The highest BCUT2D eigenvalue weighted by Crippen LogP contribution is 2.20. The maximum absolute atomic E-state index is 12.3. The Morgan fingerprint density at radius 1 is 1.21 bits per heavy atom. The first-order chi connectivity index (χ1) is 11.2. The molecule has 2 rings (SSSR count). The number of nitrogens with zero attached hydrogens (tertiary/aromatic N) is 2. The molecular weight excluding hydrogens is 390 g/mol. The van der Waals surface area contributed by atoms with Gasteiger partial charge in [0.1, 0.15) is 0 Å². The highest BCUT2D eigenvalue weighted by atomic mass is 79.9. The molecule has 0 aliphatic heterocycles. The van der Waals surface area contributed by atoms with Crippen molar-refractivity contribution in [3.05, 3.63) is 45.7 Å². The smallest absolute Gasteiger partial charge is 0.240 e. The fraction of sp³-hybridized carbons (Fsp3) is 0.471. The fourth-order valence-electron chi connectivity index (χ4n) is 2.44. The highest BCUT2D eigenvalue weighted by molar-refractivity contribution is 9.10. The van der Waals surface area contributed by atoms with Gasteiger partial charge in [0.2, 0.25) is 10.0 Å². The van der Waals surface area contributed by atoms with Crippen molar-refractivity contribution in [2.24, 2.45) is 0 Å². The zero-order valence-corrected chi connectivity index (χ0v) is 16.9. The maximum Gasteiger partial charge on any atom is 0.240 e. The SMILES string of the molecule is Cc1nn(CCCNS(=O)(=O)c2ccc(C(C)C)cc2)c(C)c1Br. The molecule has 2 aromatic rings. The third-order valence-electron chi connectivity index (χ3n) is 3.99. The van der Waals surface area contributed by atoms with Gasteiger partial charge in [-0.3, -0.25) is 4.68 Å². The Balaban J connectivity index is 1.91. The summed E-state index contributed by atoms with van der Waals surface area (Å²) in [7, 11) is -3.46. The van der Waals surface area contributed by atoms with Crippen LogP contribution >= 0.6 is 15.9 Å². The molecule has 0 aliphatic carbocycles. The fourth-order valence-corrected chi connectivity index (χ4v) is 3.80. The Bertz CT molecular complexity index is 796. The van der Waals surface area contributed by atoms with Gasteiger partial charge in [-0.2, -0.15) is 5.10 Å². The predicted octanol–water partition coefficient (Wildman–Crippen LogP) is 3.75. The Labute approximate surface area is 152 Å². The first-order valence-electron chi connectivity index (χ1n) is 8.01. The normalized spacial score (nSPS) is 12.1. The molecule has 1 aromatic heterocycles. The van der Waals surface area contributed by atoms with Crippen LogP contribution in [0.5, 0.6) is 0 Å². The van der Waals surface area contributed by atoms with Crippen molar-refractivity contribution in [2.45, 2.75) is 51.5 Å². The molecule has 5 nitrogen and oxygen atoms in total. The van der Waals surface area contributed by atoms with E-state index in [0.29, 0.717) is 30.3 Å². The predicted molar refractivity (Wildman–Crippen MR) is 99.7 cm³/mol. The van der Waals surface area contributed by atoms with E-state index < -0.39 is 10.0 Å². The number of nitrogens with one attached hydrogen (secondary N) is 1. The molecule has 0 saturated carbocycles. The van der Waals surface area contributed by atoms with Gasteiger partial charge in [0.25, 0.3) is 0 Å². The minimum Gasteiger partial charge on any atom is -0.268 e. The molecule has 1 heterocycles. The summed E-state index contributed by atoms with van der Waals surface area (Å²) in [5.41, 5.74) is 3.13. The number of sulfonamides is 1. The van der Waals surface area contributed by atoms with Crippen LogP contribution in [0.1, 0.15) is 43.1 Å². The summed E-state index contributed by atoms with van der Waals surface area (Å²) < 4.78 is 30.2. The number of rotatable bonds is 7. The van der Waals surface area contributed by atoms with Crippen molar-refractivity contribution in [1.82, 2.24) is 14.5 Å². The number of halogens is 1. The summed E-state index contributed by atoms with van der Waals surface area (Å²) in [5, 5.41) is 4.42. The Morgan fingerprint density at radius 2 is 1.83 bits per heavy atom. The van der Waals surface area contributed by atoms with E-state index >= 15 is 0 Å². The summed E-state index contributed by atoms with van der Waals surface area (Å²) in [6, 6.07) is 7.06. The standard InChI is InChI=1S/C17H24BrN3O2S/c1-12(2)15-6-8-16(9-7-15)24(22,23)19-10-5-11-21-14(4)17(18)13(3)20-21/h6-9,12,19H,5,10-11H2,1-4H3. The number of hydrogen-bond acceptors (Lipinski definition) is 3. The Kier molecular flexibility index (Phi) is 6.22. The summed E-state index contributed by atoms with van der Waals surface area (Å²) >= 11 is 3.49. The van der Waals surface area contributed by atoms with Crippen molar-refractivity contribution >= 4 is 26.0 Å². The van der Waals surface area contributed by atoms with Crippen LogP contribution in [0.25, 0.3) is 0 Å². The Morgan fingerprint density at radius 3 is 2.33 bits per heavy atom. The Hall–Kier alpha value is -1.18. The topological polar surface area (TPSA) is 64.0 Å². The van der Waals surface area contributed by atoms with Crippen molar-refractivity contribution in [3.8, 4) is 0 Å². The second-order valence-electron chi connectivity index (χ2n) is 6.18. The molecule has 0 radical (unpaired) electrons. The zero-order chi connectivity index (χ0) is 17.9. The second kappa shape index (κ2) is 7.80. The van der Waals surface area contributed by atoms with Crippen LogP contribution in [0.15, 0.2) is 33.6 Å². The van der Waals surface area contributed by atoms with Crippen LogP contribution in [-0.4, -0.2) is 24.7 Å². The third kappa shape index (κ3) is 4.46. The van der Waals surface area contributed by atoms with E-state index in [1.165, 1.54) is 0 Å². The third-order valence-corrected chi connectivity index (χ3v) is 6.61. The summed E-state index contributed by atoms with van der Waals surface area (Å²) in [6.07, 6.45) is 0.678. The lowest BCUT2D eigenvalue weighted by molar-refractivity contribution is 0.544. The lowest BCUT2D eigenvalue weighted by atomic mass is 10.0. The van der Waals surface area contributed by atoms with Crippen LogP contribution in [0.3, 0.4) is 0 Å². The van der Waals surface area contributed by atoms with Crippen LogP contribution in [0.4, 0.5) is 0 Å². The summed E-state index contributed by atoms with van der Waals surface area (Å²) in [6.45, 7) is 9.15. The van der Waals surface area contributed by atoms with Crippen LogP contribution in [0, 0.1) is 13.8 Å². The zero-order valence-electron chi connectivity index (χ0n) is 14.5. The van der Waals surface area contributed by atoms with E-state index in [2.05, 4.69) is 39.6 Å². The van der Waals surface area contributed by atoms with E-state index in [4.69, 9.17) is 0 Å². The quantitative estimate of drug-likeness (QED) is 0.702. The first-order valence-corrected chi connectivity index (χ1v) is 10.3. The van der Waals surface area contributed by atoms with E-state index in [0.717, 1.165) is 21.4 Å². The number of aromatic nitrogens is 2.